The van der Waals surface area contributed by atoms with E-state index < -0.39 is 29.4 Å². The molecule has 0 radical (unpaired) electrons. The molecular formula is C31H37N3O7. The van der Waals surface area contributed by atoms with Crippen molar-refractivity contribution in [2.75, 3.05) is 13.1 Å². The first kappa shape index (κ1) is 27.7. The van der Waals surface area contributed by atoms with Crippen LogP contribution in [0.3, 0.4) is 0 Å². The number of carbonyl (C=O) groups excluding carboxylic acids is 1. The van der Waals surface area contributed by atoms with Gasteiger partial charge < -0.3 is 40.5 Å². The Morgan fingerprint density at radius 2 is 1.95 bits per heavy atom. The van der Waals surface area contributed by atoms with Gasteiger partial charge >= 0.3 is 5.97 Å². The van der Waals surface area contributed by atoms with E-state index in [-0.39, 0.29) is 40.6 Å². The molecule has 4 atom stereocenters. The van der Waals surface area contributed by atoms with Gasteiger partial charge in [-0.2, -0.15) is 0 Å². The molecule has 218 valence electrons. The van der Waals surface area contributed by atoms with Crippen LogP contribution in [0.25, 0.3) is 11.0 Å². The van der Waals surface area contributed by atoms with Gasteiger partial charge in [-0.3, -0.25) is 4.79 Å². The third-order valence-electron chi connectivity index (χ3n) is 9.04. The number of hydrogen-bond donors (Lipinski definition) is 4. The number of phenolic OH excluding ortho intramolecular Hbond substituents is 1. The second-order valence-corrected chi connectivity index (χ2v) is 11.9. The largest absolute Gasteiger partial charge is 0.507 e. The van der Waals surface area contributed by atoms with Gasteiger partial charge in [0.1, 0.15) is 46.0 Å². The fraction of sp³-hybridized carbons (Fsp3) is 0.484. The van der Waals surface area contributed by atoms with Crippen LogP contribution in [-0.4, -0.2) is 47.6 Å². The van der Waals surface area contributed by atoms with Gasteiger partial charge in [0.25, 0.3) is 0 Å². The molecule has 0 spiro atoms. The fourth-order valence-electron chi connectivity index (χ4n) is 6.39. The molecule has 6 rings (SSSR count). The lowest BCUT2D eigenvalue weighted by atomic mass is 9.75. The third-order valence-corrected chi connectivity index (χ3v) is 9.04. The molecule has 6 N–H and O–H groups in total. The molecule has 1 aromatic heterocycles. The first-order chi connectivity index (χ1) is 19.5. The number of benzene rings is 2. The minimum atomic E-state index is -1.12. The van der Waals surface area contributed by atoms with Gasteiger partial charge in [0, 0.05) is 36.5 Å². The molecule has 0 bridgehead atoms. The van der Waals surface area contributed by atoms with E-state index in [1.165, 1.54) is 6.07 Å². The second kappa shape index (κ2) is 10.1. The average Bonchev–Trinajstić information content (AvgIpc) is 3.59. The van der Waals surface area contributed by atoms with Gasteiger partial charge in [0.05, 0.1) is 6.17 Å². The molecule has 2 fully saturated rings. The number of carbonyl (C=O) groups is 1. The Kier molecular flexibility index (Phi) is 6.85. The quantitative estimate of drug-likeness (QED) is 0.199. The summed E-state index contributed by atoms with van der Waals surface area (Å²) in [6.07, 6.45) is 0.695. The highest BCUT2D eigenvalue weighted by Gasteiger charge is 2.61. The molecule has 3 aliphatic heterocycles. The summed E-state index contributed by atoms with van der Waals surface area (Å²) in [5.41, 5.74) is 11.8. The molecule has 41 heavy (non-hydrogen) atoms. The van der Waals surface area contributed by atoms with Gasteiger partial charge in [-0.1, -0.05) is 24.3 Å². The number of aromatic hydroxyl groups is 1. The number of rotatable bonds is 6. The summed E-state index contributed by atoms with van der Waals surface area (Å²) in [5, 5.41) is 14.7. The monoisotopic (exact) mass is 563 g/mol. The van der Waals surface area contributed by atoms with Gasteiger partial charge in [-0.25, -0.2) is 4.79 Å². The Labute approximate surface area is 237 Å². The fourth-order valence-corrected chi connectivity index (χ4v) is 6.39. The summed E-state index contributed by atoms with van der Waals surface area (Å²) in [5.74, 6) is 0.271. The Morgan fingerprint density at radius 1 is 1.20 bits per heavy atom. The predicted octanol–water partition coefficient (Wildman–Crippen LogP) is 2.73. The van der Waals surface area contributed by atoms with Crippen molar-refractivity contribution in [1.29, 1.82) is 0 Å². The molecule has 10 nitrogen and oxygen atoms in total. The van der Waals surface area contributed by atoms with Crippen molar-refractivity contribution in [1.82, 2.24) is 5.32 Å². The van der Waals surface area contributed by atoms with Crippen LogP contribution in [0.15, 0.2) is 45.6 Å². The maximum atomic E-state index is 13.7. The Morgan fingerprint density at radius 3 is 2.68 bits per heavy atom. The summed E-state index contributed by atoms with van der Waals surface area (Å²) >= 11 is 0. The molecular weight excluding hydrogens is 526 g/mol. The number of aryl methyl sites for hydroxylation is 1. The molecule has 4 heterocycles. The summed E-state index contributed by atoms with van der Waals surface area (Å²) in [6.45, 7) is 7.03. The Balaban J connectivity index is 1.29. The van der Waals surface area contributed by atoms with Crippen molar-refractivity contribution in [2.24, 2.45) is 17.4 Å². The third kappa shape index (κ3) is 4.88. The zero-order valence-electron chi connectivity index (χ0n) is 23.6. The molecule has 2 aromatic carbocycles. The maximum Gasteiger partial charge on any atom is 0.341 e. The second-order valence-electron chi connectivity index (χ2n) is 11.9. The number of epoxide rings is 1. The molecule has 0 amide bonds. The minimum absolute atomic E-state index is 0.0870. The van der Waals surface area contributed by atoms with E-state index in [1.54, 1.807) is 19.9 Å². The molecule has 0 saturated carbocycles. The van der Waals surface area contributed by atoms with Crippen molar-refractivity contribution in [3.05, 3.63) is 69.1 Å². The average molecular weight is 564 g/mol. The van der Waals surface area contributed by atoms with Gasteiger partial charge in [0.15, 0.2) is 11.0 Å². The number of nitrogens with one attached hydrogen (secondary N) is 1. The summed E-state index contributed by atoms with van der Waals surface area (Å²) in [4.78, 5) is 26.4. The number of fused-ring (bicyclic) bond motifs is 2. The summed E-state index contributed by atoms with van der Waals surface area (Å²) < 4.78 is 24.5. The lowest BCUT2D eigenvalue weighted by Gasteiger charge is -2.47. The van der Waals surface area contributed by atoms with Crippen molar-refractivity contribution < 1.29 is 28.5 Å². The standard InChI is InChI=1S/C31H37N3O7/c1-16-11-21(35)26-23(38-16)15-22-20(27(26)36)14-24(30(2,40-22)19-7-9-34-10-8-19)39-29(37)31(3)25(41-31)13-17-5-4-6-18(12-17)28(32)33/h4-6,11-12,15,19,24-25,28,34,36H,7-10,13-14,32-33H2,1-3H3/t24-,25-,30+,31-/m1/s1. The van der Waals surface area contributed by atoms with Crippen molar-refractivity contribution >= 4 is 16.9 Å². The number of ether oxygens (including phenoxy) is 3. The highest BCUT2D eigenvalue weighted by molar-refractivity contribution is 5.87. The van der Waals surface area contributed by atoms with Crippen molar-refractivity contribution in [3.63, 3.8) is 0 Å². The molecule has 3 aromatic rings. The first-order valence-electron chi connectivity index (χ1n) is 14.2. The minimum Gasteiger partial charge on any atom is -0.507 e. The van der Waals surface area contributed by atoms with E-state index >= 15 is 0 Å². The Bertz CT molecular complexity index is 1560. The number of esters is 1. The highest BCUT2D eigenvalue weighted by Crippen LogP contribution is 2.48. The van der Waals surface area contributed by atoms with Crippen LogP contribution in [0.1, 0.15) is 55.3 Å². The smallest absolute Gasteiger partial charge is 0.341 e. The van der Waals surface area contributed by atoms with Crippen LogP contribution in [0.4, 0.5) is 0 Å². The molecule has 10 heteroatoms. The normalized spacial score (nSPS) is 27.9. The van der Waals surface area contributed by atoms with Crippen LogP contribution >= 0.6 is 0 Å². The lowest BCUT2D eigenvalue weighted by Crippen LogP contribution is -2.58. The van der Waals surface area contributed by atoms with E-state index in [0.29, 0.717) is 23.5 Å². The topological polar surface area (TPSA) is 163 Å². The van der Waals surface area contributed by atoms with E-state index in [4.69, 9.17) is 30.1 Å². The van der Waals surface area contributed by atoms with E-state index in [2.05, 4.69) is 5.32 Å². The number of nitrogens with two attached hydrogens (primary N) is 2. The lowest BCUT2D eigenvalue weighted by molar-refractivity contribution is -0.175. The number of phenols is 1. The van der Waals surface area contributed by atoms with Crippen LogP contribution in [0, 0.1) is 12.8 Å². The SMILES string of the molecule is Cc1cc(=O)c2c(O)c3c(cc2o1)O[C@@](C)(C1CCNCC1)[C@H](OC(=O)[C@]1(C)O[C@@H]1Cc1cccc(C(N)N)c1)C3. The molecule has 3 aliphatic rings. The van der Waals surface area contributed by atoms with Crippen LogP contribution in [0.5, 0.6) is 11.5 Å². The highest BCUT2D eigenvalue weighted by atomic mass is 16.7. The van der Waals surface area contributed by atoms with Crippen LogP contribution < -0.4 is 26.9 Å². The zero-order chi connectivity index (χ0) is 29.1. The van der Waals surface area contributed by atoms with Gasteiger partial charge in [0.2, 0.25) is 0 Å². The van der Waals surface area contributed by atoms with Crippen molar-refractivity contribution in [3.8, 4) is 11.5 Å². The summed E-state index contributed by atoms with van der Waals surface area (Å²) in [6, 6.07) is 10.6. The molecule has 2 saturated heterocycles. The van der Waals surface area contributed by atoms with E-state index in [9.17, 15) is 14.7 Å². The van der Waals surface area contributed by atoms with Crippen LogP contribution in [-0.2, 0) is 27.1 Å². The molecule has 0 aliphatic carbocycles. The van der Waals surface area contributed by atoms with E-state index in [0.717, 1.165) is 37.1 Å². The summed E-state index contributed by atoms with van der Waals surface area (Å²) in [7, 11) is 0. The zero-order valence-corrected chi connectivity index (χ0v) is 23.6. The first-order valence-corrected chi connectivity index (χ1v) is 14.2. The predicted molar refractivity (Wildman–Crippen MR) is 152 cm³/mol. The number of piperidine rings is 1. The number of hydrogen-bond acceptors (Lipinski definition) is 10. The maximum absolute atomic E-state index is 13.7. The van der Waals surface area contributed by atoms with Gasteiger partial charge in [-0.15, -0.1) is 0 Å². The van der Waals surface area contributed by atoms with Gasteiger partial charge in [-0.05, 0) is 57.8 Å². The Hall–Kier alpha value is -3.44. The molecule has 0 unspecified atom stereocenters. The van der Waals surface area contributed by atoms with Crippen molar-refractivity contribution in [2.45, 2.75) is 76.0 Å². The van der Waals surface area contributed by atoms with Crippen LogP contribution in [0.2, 0.25) is 0 Å². The van der Waals surface area contributed by atoms with E-state index in [1.807, 2.05) is 31.2 Å².